The van der Waals surface area contributed by atoms with Crippen molar-refractivity contribution in [2.45, 2.75) is 32.7 Å². The van der Waals surface area contributed by atoms with Crippen molar-refractivity contribution in [2.24, 2.45) is 0 Å². The number of benzene rings is 2. The van der Waals surface area contributed by atoms with Gasteiger partial charge >= 0.3 is 0 Å². The zero-order valence-corrected chi connectivity index (χ0v) is 13.7. The van der Waals surface area contributed by atoms with Crippen LogP contribution in [0.4, 0.5) is 11.6 Å². The van der Waals surface area contributed by atoms with Crippen LogP contribution in [0, 0.1) is 0 Å². The molecule has 0 spiro atoms. The van der Waals surface area contributed by atoms with Crippen molar-refractivity contribution in [1.82, 2.24) is 9.55 Å². The van der Waals surface area contributed by atoms with Crippen LogP contribution < -0.4 is 10.1 Å². The first-order valence-corrected chi connectivity index (χ1v) is 8.18. The summed E-state index contributed by atoms with van der Waals surface area (Å²) in [6.45, 7) is 3.19. The molecule has 1 aromatic heterocycles. The number of para-hydroxylation sites is 4. The fourth-order valence-corrected chi connectivity index (χ4v) is 2.79. The Morgan fingerprint density at radius 1 is 1.04 bits per heavy atom. The summed E-state index contributed by atoms with van der Waals surface area (Å²) in [7, 11) is 1.69. The van der Waals surface area contributed by atoms with E-state index in [4.69, 9.17) is 9.72 Å². The van der Waals surface area contributed by atoms with Gasteiger partial charge in [-0.3, -0.25) is 0 Å². The summed E-state index contributed by atoms with van der Waals surface area (Å²) in [4.78, 5) is 4.76. The van der Waals surface area contributed by atoms with Gasteiger partial charge in [-0.05, 0) is 30.7 Å². The molecular weight excluding hydrogens is 286 g/mol. The molecule has 3 rings (SSSR count). The molecule has 0 saturated heterocycles. The topological polar surface area (TPSA) is 39.1 Å². The van der Waals surface area contributed by atoms with E-state index in [2.05, 4.69) is 35.0 Å². The molecular formula is C19H23N3O. The number of fused-ring (bicyclic) bond motifs is 1. The number of methoxy groups -OCH3 is 1. The van der Waals surface area contributed by atoms with Gasteiger partial charge in [0.15, 0.2) is 0 Å². The summed E-state index contributed by atoms with van der Waals surface area (Å²) < 4.78 is 7.69. The van der Waals surface area contributed by atoms with E-state index in [1.165, 1.54) is 18.4 Å². The Morgan fingerprint density at radius 3 is 2.65 bits per heavy atom. The Balaban J connectivity index is 1.97. The largest absolute Gasteiger partial charge is 0.495 e. The van der Waals surface area contributed by atoms with E-state index in [0.29, 0.717) is 0 Å². The van der Waals surface area contributed by atoms with Gasteiger partial charge in [-0.15, -0.1) is 0 Å². The van der Waals surface area contributed by atoms with Gasteiger partial charge in [0.25, 0.3) is 0 Å². The van der Waals surface area contributed by atoms with Crippen molar-refractivity contribution in [1.29, 1.82) is 0 Å². The molecule has 4 heteroatoms. The number of nitrogens with zero attached hydrogens (tertiary/aromatic N) is 2. The second-order valence-electron chi connectivity index (χ2n) is 5.61. The third-order valence-corrected chi connectivity index (χ3v) is 3.99. The van der Waals surface area contributed by atoms with Crippen LogP contribution >= 0.6 is 0 Å². The van der Waals surface area contributed by atoms with E-state index in [1.54, 1.807) is 7.11 Å². The number of aryl methyl sites for hydroxylation is 1. The maximum Gasteiger partial charge on any atom is 0.208 e. The molecule has 0 saturated carbocycles. The highest BCUT2D eigenvalue weighted by molar-refractivity contribution is 5.80. The first-order chi connectivity index (χ1) is 11.3. The molecule has 23 heavy (non-hydrogen) atoms. The number of imidazole rings is 1. The molecule has 1 heterocycles. The third-order valence-electron chi connectivity index (χ3n) is 3.99. The molecule has 0 fully saturated rings. The van der Waals surface area contributed by atoms with Crippen molar-refractivity contribution < 1.29 is 4.74 Å². The minimum atomic E-state index is 0.819. The molecule has 0 radical (unpaired) electrons. The number of hydrogen-bond acceptors (Lipinski definition) is 3. The fraction of sp³-hybridized carbons (Fsp3) is 0.316. The first kappa shape index (κ1) is 15.4. The monoisotopic (exact) mass is 309 g/mol. The van der Waals surface area contributed by atoms with E-state index >= 15 is 0 Å². The lowest BCUT2D eigenvalue weighted by Crippen LogP contribution is -2.05. The second-order valence-corrected chi connectivity index (χ2v) is 5.61. The lowest BCUT2D eigenvalue weighted by molar-refractivity contribution is 0.416. The van der Waals surface area contributed by atoms with Crippen LogP contribution in [0.15, 0.2) is 48.5 Å². The summed E-state index contributed by atoms with van der Waals surface area (Å²) in [6.07, 6.45) is 3.58. The molecule has 0 unspecified atom stereocenters. The van der Waals surface area contributed by atoms with E-state index in [0.717, 1.165) is 35.9 Å². The van der Waals surface area contributed by atoms with Gasteiger partial charge in [0.05, 0.1) is 23.8 Å². The molecule has 1 N–H and O–H groups in total. The van der Waals surface area contributed by atoms with Crippen LogP contribution in [0.3, 0.4) is 0 Å². The highest BCUT2D eigenvalue weighted by Gasteiger charge is 2.12. The quantitative estimate of drug-likeness (QED) is 0.626. The van der Waals surface area contributed by atoms with Crippen LogP contribution in [0.5, 0.6) is 5.75 Å². The molecule has 120 valence electrons. The summed E-state index contributed by atoms with van der Waals surface area (Å²) in [5, 5.41) is 3.44. The average molecular weight is 309 g/mol. The number of hydrogen-bond donors (Lipinski definition) is 1. The van der Waals surface area contributed by atoms with Gasteiger partial charge < -0.3 is 14.6 Å². The van der Waals surface area contributed by atoms with Gasteiger partial charge in [0.1, 0.15) is 5.75 Å². The van der Waals surface area contributed by atoms with Gasteiger partial charge in [0.2, 0.25) is 5.95 Å². The Labute approximate surface area is 137 Å². The number of aromatic nitrogens is 2. The maximum atomic E-state index is 5.43. The van der Waals surface area contributed by atoms with Crippen molar-refractivity contribution in [3.63, 3.8) is 0 Å². The molecule has 0 atom stereocenters. The lowest BCUT2D eigenvalue weighted by Gasteiger charge is -2.13. The molecule has 4 nitrogen and oxygen atoms in total. The Bertz CT molecular complexity index is 779. The molecule has 0 aliphatic rings. The SMILES string of the molecule is CCCCCn1c(Nc2ccccc2OC)nc2ccccc21. The number of anilines is 2. The zero-order chi connectivity index (χ0) is 16.1. The Morgan fingerprint density at radius 2 is 1.83 bits per heavy atom. The molecule has 2 aromatic carbocycles. The number of rotatable bonds is 7. The fourth-order valence-electron chi connectivity index (χ4n) is 2.79. The smallest absolute Gasteiger partial charge is 0.208 e. The van der Waals surface area contributed by atoms with Gasteiger partial charge in [0, 0.05) is 6.54 Å². The third kappa shape index (κ3) is 3.31. The average Bonchev–Trinajstić information content (AvgIpc) is 2.93. The maximum absolute atomic E-state index is 5.43. The molecule has 0 bridgehead atoms. The summed E-state index contributed by atoms with van der Waals surface area (Å²) in [5.41, 5.74) is 3.12. The van der Waals surface area contributed by atoms with E-state index in [9.17, 15) is 0 Å². The molecule has 0 aliphatic heterocycles. The van der Waals surface area contributed by atoms with Gasteiger partial charge in [-0.2, -0.15) is 0 Å². The van der Waals surface area contributed by atoms with Crippen LogP contribution in [0.25, 0.3) is 11.0 Å². The predicted octanol–water partition coefficient (Wildman–Crippen LogP) is 4.98. The minimum absolute atomic E-state index is 0.819. The summed E-state index contributed by atoms with van der Waals surface area (Å²) in [5.74, 6) is 1.69. The van der Waals surface area contributed by atoms with Crippen LogP contribution in [0.1, 0.15) is 26.2 Å². The molecule has 0 aliphatic carbocycles. The van der Waals surface area contributed by atoms with Gasteiger partial charge in [-0.1, -0.05) is 44.0 Å². The zero-order valence-electron chi connectivity index (χ0n) is 13.7. The predicted molar refractivity (Wildman–Crippen MR) is 95.5 cm³/mol. The Kier molecular flexibility index (Phi) is 4.81. The second kappa shape index (κ2) is 7.18. The first-order valence-electron chi connectivity index (χ1n) is 8.18. The van der Waals surface area contributed by atoms with Crippen LogP contribution in [0.2, 0.25) is 0 Å². The number of ether oxygens (including phenoxy) is 1. The summed E-state index contributed by atoms with van der Waals surface area (Å²) in [6, 6.07) is 16.2. The molecule has 0 amide bonds. The van der Waals surface area contributed by atoms with E-state index in [1.807, 2.05) is 30.3 Å². The van der Waals surface area contributed by atoms with E-state index < -0.39 is 0 Å². The highest BCUT2D eigenvalue weighted by atomic mass is 16.5. The Hall–Kier alpha value is -2.49. The number of unbranched alkanes of at least 4 members (excludes halogenated alkanes) is 2. The lowest BCUT2D eigenvalue weighted by atomic mass is 10.2. The van der Waals surface area contributed by atoms with Crippen LogP contribution in [-0.4, -0.2) is 16.7 Å². The summed E-state index contributed by atoms with van der Waals surface area (Å²) >= 11 is 0. The van der Waals surface area contributed by atoms with Gasteiger partial charge in [-0.25, -0.2) is 4.98 Å². The van der Waals surface area contributed by atoms with E-state index in [-0.39, 0.29) is 0 Å². The normalized spacial score (nSPS) is 10.9. The molecule has 3 aromatic rings. The van der Waals surface area contributed by atoms with Crippen LogP contribution in [-0.2, 0) is 6.54 Å². The minimum Gasteiger partial charge on any atom is -0.495 e. The highest BCUT2D eigenvalue weighted by Crippen LogP contribution is 2.29. The van der Waals surface area contributed by atoms with Crippen molar-refractivity contribution in [3.8, 4) is 5.75 Å². The number of nitrogens with one attached hydrogen (secondary N) is 1. The van der Waals surface area contributed by atoms with Crippen molar-refractivity contribution in [3.05, 3.63) is 48.5 Å². The van der Waals surface area contributed by atoms with Crippen molar-refractivity contribution >= 4 is 22.7 Å². The standard InChI is InChI=1S/C19H23N3O/c1-3-4-9-14-22-17-12-7-5-10-15(17)20-19(22)21-16-11-6-8-13-18(16)23-2/h5-8,10-13H,3-4,9,14H2,1-2H3,(H,20,21). The van der Waals surface area contributed by atoms with Crippen molar-refractivity contribution in [2.75, 3.05) is 12.4 Å².